The molecule has 3 aromatic rings. The Hall–Kier alpha value is -3.04. The van der Waals surface area contributed by atoms with Crippen LogP contribution in [0, 0.1) is 6.92 Å². The van der Waals surface area contributed by atoms with E-state index in [4.69, 9.17) is 16.3 Å². The van der Waals surface area contributed by atoms with Crippen molar-refractivity contribution in [1.82, 2.24) is 14.8 Å². The van der Waals surface area contributed by atoms with Crippen molar-refractivity contribution in [2.75, 3.05) is 23.0 Å². The molecule has 0 radical (unpaired) electrons. The molecule has 168 valence electrons. The molecule has 32 heavy (non-hydrogen) atoms. The highest BCUT2D eigenvalue weighted by molar-refractivity contribution is 7.99. The van der Waals surface area contributed by atoms with Gasteiger partial charge in [0.15, 0.2) is 5.16 Å². The number of rotatable bonds is 9. The van der Waals surface area contributed by atoms with Crippen molar-refractivity contribution in [2.45, 2.75) is 25.4 Å². The molecular weight excluding hydrogens is 450 g/mol. The van der Waals surface area contributed by atoms with Crippen LogP contribution in [0.2, 0.25) is 5.02 Å². The number of anilines is 2. The molecule has 2 N–H and O–H groups in total. The molecule has 0 unspecified atom stereocenters. The van der Waals surface area contributed by atoms with Gasteiger partial charge >= 0.3 is 0 Å². The molecule has 0 aliphatic rings. The van der Waals surface area contributed by atoms with Crippen molar-refractivity contribution in [1.29, 1.82) is 0 Å². The summed E-state index contributed by atoms with van der Waals surface area (Å²) in [6, 6.07) is 12.5. The number of carbonyl (C=O) groups is 2. The van der Waals surface area contributed by atoms with E-state index in [2.05, 4.69) is 20.8 Å². The van der Waals surface area contributed by atoms with Gasteiger partial charge in [-0.1, -0.05) is 29.4 Å². The lowest BCUT2D eigenvalue weighted by Gasteiger charge is -2.08. The summed E-state index contributed by atoms with van der Waals surface area (Å²) in [5, 5.41) is 14.9. The van der Waals surface area contributed by atoms with Crippen LogP contribution >= 0.6 is 23.4 Å². The number of thioether (sulfide) groups is 1. The summed E-state index contributed by atoms with van der Waals surface area (Å²) < 4.78 is 7.09. The summed E-state index contributed by atoms with van der Waals surface area (Å²) in [6.07, 6.45) is 0.0495. The minimum Gasteiger partial charge on any atom is -0.494 e. The number of halogens is 1. The van der Waals surface area contributed by atoms with Crippen LogP contribution in [-0.4, -0.2) is 38.9 Å². The Morgan fingerprint density at radius 1 is 1.06 bits per heavy atom. The van der Waals surface area contributed by atoms with Crippen LogP contribution in [0.15, 0.2) is 47.6 Å². The number of benzene rings is 2. The van der Waals surface area contributed by atoms with Gasteiger partial charge in [-0.2, -0.15) is 0 Å². The third-order valence-electron chi connectivity index (χ3n) is 4.48. The standard InChI is InChI=1S/C22H24ClN5O3S/c1-4-31-17-9-7-15(8-10-17)24-21(30)13-32-22-27-26-19(28(22)3)12-20(29)25-16-6-5-14(2)18(23)11-16/h5-11H,4,12-13H2,1-3H3,(H,24,30)(H,25,29). The number of aromatic nitrogens is 3. The molecule has 0 bridgehead atoms. The SMILES string of the molecule is CCOc1ccc(NC(=O)CSc2nnc(CC(=O)Nc3ccc(C)c(Cl)c3)n2C)cc1. The second kappa shape index (κ2) is 11.0. The number of amides is 2. The van der Waals surface area contributed by atoms with Gasteiger partial charge in [0.2, 0.25) is 11.8 Å². The highest BCUT2D eigenvalue weighted by Gasteiger charge is 2.15. The molecule has 0 spiro atoms. The highest BCUT2D eigenvalue weighted by Crippen LogP contribution is 2.21. The smallest absolute Gasteiger partial charge is 0.234 e. The quantitative estimate of drug-likeness (QED) is 0.454. The first kappa shape index (κ1) is 23.6. The third-order valence-corrected chi connectivity index (χ3v) is 5.91. The second-order valence-corrected chi connectivity index (χ2v) is 8.29. The number of aryl methyl sites for hydroxylation is 1. The van der Waals surface area contributed by atoms with E-state index in [1.54, 1.807) is 48.0 Å². The molecule has 0 saturated carbocycles. The fourth-order valence-corrected chi connectivity index (χ4v) is 3.68. The number of carbonyl (C=O) groups excluding carboxylic acids is 2. The Kier molecular flexibility index (Phi) is 8.13. The predicted molar refractivity (Wildman–Crippen MR) is 126 cm³/mol. The van der Waals surface area contributed by atoms with Gasteiger partial charge in [0.1, 0.15) is 11.6 Å². The predicted octanol–water partition coefficient (Wildman–Crippen LogP) is 4.09. The summed E-state index contributed by atoms with van der Waals surface area (Å²) in [4.78, 5) is 24.6. The van der Waals surface area contributed by atoms with Gasteiger partial charge in [-0.25, -0.2) is 0 Å². The van der Waals surface area contributed by atoms with Crippen LogP contribution in [0.5, 0.6) is 5.75 Å². The van der Waals surface area contributed by atoms with Gasteiger partial charge in [0, 0.05) is 23.4 Å². The van der Waals surface area contributed by atoms with Crippen molar-refractivity contribution in [3.8, 4) is 5.75 Å². The first-order valence-corrected chi connectivity index (χ1v) is 11.3. The summed E-state index contributed by atoms with van der Waals surface area (Å²) in [5.74, 6) is 1.01. The van der Waals surface area contributed by atoms with Crippen LogP contribution in [0.3, 0.4) is 0 Å². The number of ether oxygens (including phenoxy) is 1. The fourth-order valence-electron chi connectivity index (χ4n) is 2.77. The highest BCUT2D eigenvalue weighted by atomic mass is 35.5. The van der Waals surface area contributed by atoms with Crippen LogP contribution in [0.1, 0.15) is 18.3 Å². The van der Waals surface area contributed by atoms with Crippen LogP contribution in [0.25, 0.3) is 0 Å². The normalized spacial score (nSPS) is 10.6. The summed E-state index contributed by atoms with van der Waals surface area (Å²) in [7, 11) is 1.76. The first-order chi connectivity index (χ1) is 15.4. The molecule has 1 aromatic heterocycles. The maximum absolute atomic E-state index is 12.4. The largest absolute Gasteiger partial charge is 0.494 e. The molecule has 0 aliphatic heterocycles. The minimum atomic E-state index is -0.231. The molecule has 1 heterocycles. The van der Waals surface area contributed by atoms with Crippen LogP contribution in [0.4, 0.5) is 11.4 Å². The van der Waals surface area contributed by atoms with Crippen LogP contribution in [-0.2, 0) is 23.1 Å². The van der Waals surface area contributed by atoms with Gasteiger partial charge in [-0.3, -0.25) is 9.59 Å². The zero-order valence-electron chi connectivity index (χ0n) is 18.0. The van der Waals surface area contributed by atoms with Gasteiger partial charge in [0.05, 0.1) is 18.8 Å². The Balaban J connectivity index is 1.51. The maximum atomic E-state index is 12.4. The molecule has 8 nitrogen and oxygen atoms in total. The van der Waals surface area contributed by atoms with Crippen molar-refractivity contribution >= 4 is 46.6 Å². The van der Waals surface area contributed by atoms with Crippen molar-refractivity contribution in [2.24, 2.45) is 7.05 Å². The van der Waals surface area contributed by atoms with Gasteiger partial charge in [-0.15, -0.1) is 10.2 Å². The van der Waals surface area contributed by atoms with E-state index in [0.29, 0.717) is 34.0 Å². The Bertz CT molecular complexity index is 1100. The fraction of sp³-hybridized carbons (Fsp3) is 0.273. The lowest BCUT2D eigenvalue weighted by atomic mass is 10.2. The first-order valence-electron chi connectivity index (χ1n) is 9.95. The Morgan fingerprint density at radius 3 is 2.44 bits per heavy atom. The van der Waals surface area contributed by atoms with E-state index in [1.165, 1.54) is 11.8 Å². The molecule has 2 amide bonds. The molecule has 3 rings (SSSR count). The van der Waals surface area contributed by atoms with E-state index in [-0.39, 0.29) is 24.0 Å². The number of hydrogen-bond acceptors (Lipinski definition) is 6. The zero-order valence-corrected chi connectivity index (χ0v) is 19.6. The van der Waals surface area contributed by atoms with Crippen molar-refractivity contribution in [3.63, 3.8) is 0 Å². The van der Waals surface area contributed by atoms with Gasteiger partial charge in [0.25, 0.3) is 0 Å². The van der Waals surface area contributed by atoms with Gasteiger partial charge < -0.3 is 19.9 Å². The van der Waals surface area contributed by atoms with Gasteiger partial charge in [-0.05, 0) is 55.8 Å². The summed E-state index contributed by atoms with van der Waals surface area (Å²) >= 11 is 7.34. The lowest BCUT2D eigenvalue weighted by molar-refractivity contribution is -0.116. The molecule has 0 fully saturated rings. The van der Waals surface area contributed by atoms with Crippen molar-refractivity contribution < 1.29 is 14.3 Å². The van der Waals surface area contributed by atoms with Crippen molar-refractivity contribution in [3.05, 3.63) is 58.9 Å². The zero-order chi connectivity index (χ0) is 23.1. The summed E-state index contributed by atoms with van der Waals surface area (Å²) in [6.45, 7) is 4.40. The number of nitrogens with one attached hydrogen (secondary N) is 2. The third kappa shape index (κ3) is 6.48. The topological polar surface area (TPSA) is 98.1 Å². The Labute approximate surface area is 195 Å². The molecule has 0 atom stereocenters. The summed E-state index contributed by atoms with van der Waals surface area (Å²) in [5.41, 5.74) is 2.24. The monoisotopic (exact) mass is 473 g/mol. The molecule has 2 aromatic carbocycles. The Morgan fingerprint density at radius 2 is 1.75 bits per heavy atom. The van der Waals surface area contributed by atoms with E-state index in [0.717, 1.165) is 11.3 Å². The molecule has 0 aliphatic carbocycles. The second-order valence-electron chi connectivity index (χ2n) is 6.94. The van der Waals surface area contributed by atoms with E-state index >= 15 is 0 Å². The number of hydrogen-bond donors (Lipinski definition) is 2. The minimum absolute atomic E-state index is 0.0495. The average Bonchev–Trinajstić information content (AvgIpc) is 3.10. The van der Waals surface area contributed by atoms with E-state index in [1.807, 2.05) is 19.9 Å². The van der Waals surface area contributed by atoms with E-state index < -0.39 is 0 Å². The van der Waals surface area contributed by atoms with Crippen LogP contribution < -0.4 is 15.4 Å². The van der Waals surface area contributed by atoms with E-state index in [9.17, 15) is 9.59 Å². The lowest BCUT2D eigenvalue weighted by Crippen LogP contribution is -2.17. The molecule has 10 heteroatoms. The molecular formula is C22H24ClN5O3S. The average molecular weight is 474 g/mol. The number of nitrogens with zero attached hydrogens (tertiary/aromatic N) is 3. The molecule has 0 saturated heterocycles. The maximum Gasteiger partial charge on any atom is 0.234 e.